The van der Waals surface area contributed by atoms with Crippen LogP contribution in [0.2, 0.25) is 0 Å². The zero-order valence-corrected chi connectivity index (χ0v) is 11.3. The van der Waals surface area contributed by atoms with Gasteiger partial charge < -0.3 is 16.4 Å². The van der Waals surface area contributed by atoms with Crippen LogP contribution in [0.5, 0.6) is 0 Å². The number of carbonyl (C=O) groups is 3. The largest absolute Gasteiger partial charge is 0.330 e. The van der Waals surface area contributed by atoms with Gasteiger partial charge in [0, 0.05) is 24.8 Å². The van der Waals surface area contributed by atoms with Crippen molar-refractivity contribution < 1.29 is 14.4 Å². The molecule has 0 aliphatic rings. The lowest BCUT2D eigenvalue weighted by atomic mass is 10.2. The van der Waals surface area contributed by atoms with E-state index in [2.05, 4.69) is 10.6 Å². The zero-order chi connectivity index (χ0) is 15.0. The molecule has 0 heterocycles. The monoisotopic (exact) mass is 278 g/mol. The number of carbonyl (C=O) groups excluding carboxylic acids is 3. The summed E-state index contributed by atoms with van der Waals surface area (Å²) in [6.07, 6.45) is 1.00. The second-order valence-electron chi connectivity index (χ2n) is 4.13. The quantitative estimate of drug-likeness (QED) is 0.675. The van der Waals surface area contributed by atoms with E-state index in [-0.39, 0.29) is 12.5 Å². The Morgan fingerprint density at radius 2 is 1.95 bits per heavy atom. The number of hydrogen-bond acceptors (Lipinski definition) is 4. The van der Waals surface area contributed by atoms with Crippen molar-refractivity contribution in [2.75, 3.05) is 23.7 Å². The standard InChI is InChI=1S/C13H18N4O3/c1-10(19)15-11-4-2-5-12(8-11)16-13(20)17(9-18)7-3-6-14/h2,4-5,8-9H,3,6-7,14H2,1H3,(H,15,19)(H,16,20). The molecule has 0 saturated carbocycles. The summed E-state index contributed by atoms with van der Waals surface area (Å²) in [5, 5.41) is 5.19. The fourth-order valence-electron chi connectivity index (χ4n) is 1.54. The topological polar surface area (TPSA) is 105 Å². The van der Waals surface area contributed by atoms with Crippen molar-refractivity contribution in [1.29, 1.82) is 0 Å². The molecule has 0 fully saturated rings. The molecule has 20 heavy (non-hydrogen) atoms. The summed E-state index contributed by atoms with van der Waals surface area (Å²) in [5.74, 6) is -0.203. The Labute approximate surface area is 117 Å². The molecular formula is C13H18N4O3. The van der Waals surface area contributed by atoms with Gasteiger partial charge in [-0.05, 0) is 31.2 Å². The first-order chi connectivity index (χ1) is 9.56. The lowest BCUT2D eigenvalue weighted by molar-refractivity contribution is -0.115. The van der Waals surface area contributed by atoms with Crippen molar-refractivity contribution in [2.45, 2.75) is 13.3 Å². The van der Waals surface area contributed by atoms with E-state index < -0.39 is 6.03 Å². The minimum atomic E-state index is -0.534. The van der Waals surface area contributed by atoms with Crippen molar-refractivity contribution >= 4 is 29.7 Å². The Morgan fingerprint density at radius 3 is 2.50 bits per heavy atom. The van der Waals surface area contributed by atoms with Crippen molar-refractivity contribution in [3.8, 4) is 0 Å². The van der Waals surface area contributed by atoms with E-state index in [9.17, 15) is 14.4 Å². The third-order valence-electron chi connectivity index (χ3n) is 2.43. The van der Waals surface area contributed by atoms with Gasteiger partial charge in [0.15, 0.2) is 0 Å². The van der Waals surface area contributed by atoms with Crippen LogP contribution in [0.4, 0.5) is 16.2 Å². The highest BCUT2D eigenvalue weighted by Crippen LogP contribution is 2.15. The summed E-state index contributed by atoms with van der Waals surface area (Å²) < 4.78 is 0. The van der Waals surface area contributed by atoms with Crippen LogP contribution in [-0.4, -0.2) is 36.3 Å². The Bertz CT molecular complexity index is 490. The molecule has 0 aliphatic carbocycles. The van der Waals surface area contributed by atoms with Gasteiger partial charge in [-0.25, -0.2) is 4.79 Å². The van der Waals surface area contributed by atoms with Crippen LogP contribution in [0.1, 0.15) is 13.3 Å². The number of nitrogens with zero attached hydrogens (tertiary/aromatic N) is 1. The average molecular weight is 278 g/mol. The van der Waals surface area contributed by atoms with Crippen LogP contribution in [-0.2, 0) is 9.59 Å². The molecule has 0 spiro atoms. The summed E-state index contributed by atoms with van der Waals surface area (Å²) in [6.45, 7) is 2.05. The van der Waals surface area contributed by atoms with Gasteiger partial charge in [0.05, 0.1) is 0 Å². The fourth-order valence-corrected chi connectivity index (χ4v) is 1.54. The van der Waals surface area contributed by atoms with Gasteiger partial charge in [0.25, 0.3) is 0 Å². The van der Waals surface area contributed by atoms with Gasteiger partial charge in [0.2, 0.25) is 12.3 Å². The third kappa shape index (κ3) is 5.07. The maximum Gasteiger partial charge on any atom is 0.328 e. The Morgan fingerprint density at radius 1 is 1.30 bits per heavy atom. The van der Waals surface area contributed by atoms with Gasteiger partial charge in [-0.1, -0.05) is 6.07 Å². The molecule has 0 atom stereocenters. The smallest absolute Gasteiger partial charge is 0.328 e. The Balaban J connectivity index is 2.69. The first-order valence-corrected chi connectivity index (χ1v) is 6.17. The number of anilines is 2. The number of rotatable bonds is 6. The number of urea groups is 1. The summed E-state index contributed by atoms with van der Waals surface area (Å²) in [6, 6.07) is 6.11. The number of nitrogens with one attached hydrogen (secondary N) is 2. The first-order valence-electron chi connectivity index (χ1n) is 6.17. The number of nitrogens with two attached hydrogens (primary N) is 1. The third-order valence-corrected chi connectivity index (χ3v) is 2.43. The zero-order valence-electron chi connectivity index (χ0n) is 11.3. The molecule has 1 aromatic carbocycles. The predicted octanol–water partition coefficient (Wildman–Crippen LogP) is 0.984. The molecule has 0 unspecified atom stereocenters. The van der Waals surface area contributed by atoms with E-state index >= 15 is 0 Å². The lowest BCUT2D eigenvalue weighted by Gasteiger charge is -2.16. The van der Waals surface area contributed by atoms with Crippen LogP contribution >= 0.6 is 0 Å². The van der Waals surface area contributed by atoms with Crippen molar-refractivity contribution in [1.82, 2.24) is 4.90 Å². The second kappa shape index (κ2) is 7.90. The highest BCUT2D eigenvalue weighted by molar-refractivity contribution is 5.96. The SMILES string of the molecule is CC(=O)Nc1cccc(NC(=O)N(C=O)CCCN)c1. The average Bonchev–Trinajstić information content (AvgIpc) is 2.39. The molecule has 7 nitrogen and oxygen atoms in total. The van der Waals surface area contributed by atoms with Gasteiger partial charge in [-0.3, -0.25) is 14.5 Å². The molecule has 1 aromatic rings. The maximum atomic E-state index is 11.8. The predicted molar refractivity (Wildman–Crippen MR) is 76.2 cm³/mol. The van der Waals surface area contributed by atoms with Crippen molar-refractivity contribution in [3.05, 3.63) is 24.3 Å². The van der Waals surface area contributed by atoms with E-state index in [1.54, 1.807) is 24.3 Å². The van der Waals surface area contributed by atoms with Gasteiger partial charge in [-0.15, -0.1) is 0 Å². The fraction of sp³-hybridized carbons (Fsp3) is 0.308. The van der Waals surface area contributed by atoms with E-state index in [0.29, 0.717) is 30.8 Å². The second-order valence-corrected chi connectivity index (χ2v) is 4.13. The number of benzene rings is 1. The Kier molecular flexibility index (Phi) is 6.18. The van der Waals surface area contributed by atoms with E-state index in [0.717, 1.165) is 4.90 Å². The summed E-state index contributed by atoms with van der Waals surface area (Å²) in [5.41, 5.74) is 6.39. The summed E-state index contributed by atoms with van der Waals surface area (Å²) >= 11 is 0. The first kappa shape index (κ1) is 15.6. The van der Waals surface area contributed by atoms with Crippen molar-refractivity contribution in [3.63, 3.8) is 0 Å². The van der Waals surface area contributed by atoms with Crippen LogP contribution in [0.3, 0.4) is 0 Å². The number of imide groups is 1. The maximum absolute atomic E-state index is 11.8. The molecule has 4 N–H and O–H groups in total. The van der Waals surface area contributed by atoms with Gasteiger partial charge in [-0.2, -0.15) is 0 Å². The van der Waals surface area contributed by atoms with Crippen LogP contribution in [0, 0.1) is 0 Å². The molecular weight excluding hydrogens is 260 g/mol. The van der Waals surface area contributed by atoms with Crippen LogP contribution < -0.4 is 16.4 Å². The van der Waals surface area contributed by atoms with Gasteiger partial charge in [0.1, 0.15) is 0 Å². The molecule has 0 aromatic heterocycles. The molecule has 108 valence electrons. The van der Waals surface area contributed by atoms with E-state index in [1.807, 2.05) is 0 Å². The van der Waals surface area contributed by atoms with Gasteiger partial charge >= 0.3 is 6.03 Å². The minimum Gasteiger partial charge on any atom is -0.330 e. The number of amides is 4. The molecule has 7 heteroatoms. The van der Waals surface area contributed by atoms with E-state index in [4.69, 9.17) is 5.73 Å². The molecule has 1 rings (SSSR count). The highest BCUT2D eigenvalue weighted by atomic mass is 16.2. The van der Waals surface area contributed by atoms with Crippen LogP contribution in [0.15, 0.2) is 24.3 Å². The molecule has 0 saturated heterocycles. The normalized spacial score (nSPS) is 9.70. The van der Waals surface area contributed by atoms with Crippen LogP contribution in [0.25, 0.3) is 0 Å². The van der Waals surface area contributed by atoms with E-state index in [1.165, 1.54) is 6.92 Å². The van der Waals surface area contributed by atoms with Crippen molar-refractivity contribution in [2.24, 2.45) is 5.73 Å². The molecule has 0 radical (unpaired) electrons. The lowest BCUT2D eigenvalue weighted by Crippen LogP contribution is -2.35. The highest BCUT2D eigenvalue weighted by Gasteiger charge is 2.12. The summed E-state index contributed by atoms with van der Waals surface area (Å²) in [4.78, 5) is 34.6. The molecule has 0 bridgehead atoms. The molecule has 4 amide bonds. The summed E-state index contributed by atoms with van der Waals surface area (Å²) in [7, 11) is 0. The minimum absolute atomic E-state index is 0.203. The molecule has 0 aliphatic heterocycles. The Hall–Kier alpha value is -2.41. The number of hydrogen-bond donors (Lipinski definition) is 3.